The van der Waals surface area contributed by atoms with Crippen LogP contribution in [0.4, 0.5) is 0 Å². The average molecular weight is 390 g/mol. The molecule has 2 aromatic carbocycles. The quantitative estimate of drug-likeness (QED) is 0.436. The summed E-state index contributed by atoms with van der Waals surface area (Å²) in [6, 6.07) is 19.2. The van der Waals surface area contributed by atoms with Crippen LogP contribution in [-0.4, -0.2) is 21.6 Å². The second-order valence-electron chi connectivity index (χ2n) is 7.89. The van der Waals surface area contributed by atoms with Gasteiger partial charge in [0.15, 0.2) is 0 Å². The molecule has 1 unspecified atom stereocenters. The maximum Gasteiger partial charge on any atom is 0.244 e. The largest absolute Gasteiger partial charge is 0.274 e. The van der Waals surface area contributed by atoms with Crippen LogP contribution in [0.3, 0.4) is 0 Å². The maximum atomic E-state index is 13.7. The van der Waals surface area contributed by atoms with Gasteiger partial charge in [0.25, 0.3) is 0 Å². The van der Waals surface area contributed by atoms with E-state index in [-0.39, 0.29) is 23.8 Å². The molecule has 1 heterocycles. The highest BCUT2D eigenvalue weighted by Gasteiger charge is 2.67. The number of hydrogen-bond acceptors (Lipinski definition) is 2. The van der Waals surface area contributed by atoms with Gasteiger partial charge in [-0.25, -0.2) is 0 Å². The number of nitrogens with zero attached hydrogens (tertiary/aromatic N) is 1. The van der Waals surface area contributed by atoms with E-state index in [4.69, 9.17) is 11.6 Å². The van der Waals surface area contributed by atoms with Crippen molar-refractivity contribution in [3.05, 3.63) is 96.1 Å². The van der Waals surface area contributed by atoms with Gasteiger partial charge in [0.2, 0.25) is 11.8 Å². The Bertz CT molecular complexity index is 997. The van der Waals surface area contributed by atoms with Crippen LogP contribution < -0.4 is 0 Å². The lowest BCUT2D eigenvalue weighted by Gasteiger charge is -2.47. The lowest BCUT2D eigenvalue weighted by atomic mass is 9.57. The fourth-order valence-electron chi connectivity index (χ4n) is 5.02. The molecule has 0 aromatic heterocycles. The number of imide groups is 1. The van der Waals surface area contributed by atoms with Crippen LogP contribution in [0, 0.1) is 11.3 Å². The van der Waals surface area contributed by atoms with E-state index < -0.39 is 16.2 Å². The average Bonchev–Trinajstić information content (AvgIpc) is 2.95. The molecule has 0 saturated carbocycles. The van der Waals surface area contributed by atoms with E-state index in [0.29, 0.717) is 0 Å². The van der Waals surface area contributed by atoms with Crippen molar-refractivity contribution in [3.8, 4) is 0 Å². The predicted octanol–water partition coefficient (Wildman–Crippen LogP) is 4.62. The Hall–Kier alpha value is -2.65. The Morgan fingerprint density at radius 3 is 2.04 bits per heavy atom. The van der Waals surface area contributed by atoms with E-state index in [1.807, 2.05) is 91.9 Å². The van der Waals surface area contributed by atoms with Gasteiger partial charge < -0.3 is 0 Å². The summed E-state index contributed by atoms with van der Waals surface area (Å²) in [4.78, 5) is 27.9. The van der Waals surface area contributed by atoms with Crippen molar-refractivity contribution in [2.24, 2.45) is 11.3 Å². The molecule has 140 valence electrons. The van der Waals surface area contributed by atoms with Gasteiger partial charge >= 0.3 is 0 Å². The van der Waals surface area contributed by atoms with Gasteiger partial charge in [-0.2, -0.15) is 0 Å². The highest BCUT2D eigenvalue weighted by Crippen LogP contribution is 2.61. The molecule has 28 heavy (non-hydrogen) atoms. The molecule has 4 heteroatoms. The van der Waals surface area contributed by atoms with E-state index in [2.05, 4.69) is 0 Å². The first-order valence-corrected chi connectivity index (χ1v) is 9.93. The van der Waals surface area contributed by atoms with Crippen LogP contribution in [0.15, 0.2) is 85.0 Å². The molecule has 2 aromatic rings. The van der Waals surface area contributed by atoms with Crippen molar-refractivity contribution < 1.29 is 9.59 Å². The maximum absolute atomic E-state index is 13.7. The van der Waals surface area contributed by atoms with Crippen LogP contribution in [0.5, 0.6) is 0 Å². The number of rotatable bonds is 3. The summed E-state index contributed by atoms with van der Waals surface area (Å²) >= 11 is 6.96. The number of carbonyl (C=O) groups excluding carboxylic acids is 2. The lowest BCUT2D eigenvalue weighted by Crippen LogP contribution is -2.49. The third-order valence-corrected chi connectivity index (χ3v) is 6.96. The predicted molar refractivity (Wildman–Crippen MR) is 109 cm³/mol. The minimum atomic E-state index is -0.947. The Morgan fingerprint density at radius 1 is 0.857 bits per heavy atom. The molecule has 3 atom stereocenters. The smallest absolute Gasteiger partial charge is 0.244 e. The standard InChI is InChI=1S/C24H20ClNO2/c1-16(17-8-4-2-5-9-17)26-21(27)20-19(18-10-6-3-7-11-18)24(25)14-12-23(20,13-15-24)22(26)28/h2-16,19-20H,1H3/t16?,19-,20+,23?,24?/m0/s1. The second-order valence-corrected chi connectivity index (χ2v) is 8.55. The molecular weight excluding hydrogens is 370 g/mol. The van der Waals surface area contributed by atoms with Crippen LogP contribution in [-0.2, 0) is 9.59 Å². The zero-order valence-corrected chi connectivity index (χ0v) is 16.2. The SMILES string of the molecule is CC(c1ccccc1)N1C(=O)[C@H]2[C@H](c3ccccc3)C3(Cl)C=CC2(C=C3)C1=O. The van der Waals surface area contributed by atoms with Gasteiger partial charge in [0.05, 0.1) is 22.2 Å². The zero-order chi connectivity index (χ0) is 19.5. The Morgan fingerprint density at radius 2 is 1.43 bits per heavy atom. The van der Waals surface area contributed by atoms with E-state index in [0.717, 1.165) is 11.1 Å². The lowest BCUT2D eigenvalue weighted by molar-refractivity contribution is -0.142. The summed E-state index contributed by atoms with van der Waals surface area (Å²) in [7, 11) is 0. The number of benzene rings is 2. The molecule has 2 amide bonds. The van der Waals surface area contributed by atoms with Crippen molar-refractivity contribution >= 4 is 23.4 Å². The number of likely N-dealkylation sites (tertiary alicyclic amines) is 1. The van der Waals surface area contributed by atoms with Crippen molar-refractivity contribution in [2.75, 3.05) is 0 Å². The minimum absolute atomic E-state index is 0.145. The molecule has 1 aliphatic heterocycles. The molecule has 1 spiro atoms. The topological polar surface area (TPSA) is 37.4 Å². The van der Waals surface area contributed by atoms with Gasteiger partial charge in [-0.15, -0.1) is 11.6 Å². The number of amides is 2. The van der Waals surface area contributed by atoms with Crippen LogP contribution >= 0.6 is 11.6 Å². The van der Waals surface area contributed by atoms with Gasteiger partial charge in [-0.3, -0.25) is 14.5 Å². The first-order valence-electron chi connectivity index (χ1n) is 9.55. The van der Waals surface area contributed by atoms with Crippen molar-refractivity contribution in [1.82, 2.24) is 4.90 Å². The minimum Gasteiger partial charge on any atom is -0.274 e. The second kappa shape index (κ2) is 5.92. The van der Waals surface area contributed by atoms with E-state index >= 15 is 0 Å². The van der Waals surface area contributed by atoms with Crippen LogP contribution in [0.2, 0.25) is 0 Å². The number of carbonyl (C=O) groups is 2. The molecule has 2 bridgehead atoms. The van der Waals surface area contributed by atoms with E-state index in [1.165, 1.54) is 4.90 Å². The van der Waals surface area contributed by atoms with Crippen molar-refractivity contribution in [2.45, 2.75) is 23.8 Å². The summed E-state index contributed by atoms with van der Waals surface area (Å²) in [5.41, 5.74) is 0.978. The molecule has 0 N–H and O–H groups in total. The number of allylic oxidation sites excluding steroid dienone is 2. The molecule has 0 radical (unpaired) electrons. The third kappa shape index (κ3) is 2.17. The molecule has 3 aliphatic carbocycles. The number of alkyl halides is 1. The summed E-state index contributed by atoms with van der Waals surface area (Å²) in [6.45, 7) is 1.91. The highest BCUT2D eigenvalue weighted by molar-refractivity contribution is 6.29. The molecular formula is C24H20ClNO2. The zero-order valence-electron chi connectivity index (χ0n) is 15.5. The Kier molecular flexibility index (Phi) is 3.69. The van der Waals surface area contributed by atoms with Gasteiger partial charge in [0, 0.05) is 5.92 Å². The first-order chi connectivity index (χ1) is 13.5. The van der Waals surface area contributed by atoms with Gasteiger partial charge in [-0.05, 0) is 18.1 Å². The molecule has 1 fully saturated rings. The van der Waals surface area contributed by atoms with E-state index in [1.54, 1.807) is 0 Å². The van der Waals surface area contributed by atoms with Gasteiger partial charge in [-0.1, -0.05) is 85.0 Å². The van der Waals surface area contributed by atoms with Crippen molar-refractivity contribution in [1.29, 1.82) is 0 Å². The normalized spacial score (nSPS) is 34.0. The van der Waals surface area contributed by atoms with Crippen LogP contribution in [0.25, 0.3) is 0 Å². The number of hydrogen-bond donors (Lipinski definition) is 0. The third-order valence-electron chi connectivity index (χ3n) is 6.47. The molecule has 6 rings (SSSR count). The Labute approximate surface area is 169 Å². The monoisotopic (exact) mass is 389 g/mol. The van der Waals surface area contributed by atoms with Crippen LogP contribution in [0.1, 0.15) is 30.0 Å². The fraction of sp³-hybridized carbons (Fsp3) is 0.250. The van der Waals surface area contributed by atoms with Crippen molar-refractivity contribution in [3.63, 3.8) is 0 Å². The number of halogens is 1. The van der Waals surface area contributed by atoms with E-state index in [9.17, 15) is 9.59 Å². The first kappa shape index (κ1) is 17.4. The van der Waals surface area contributed by atoms with Gasteiger partial charge in [0.1, 0.15) is 0 Å². The molecule has 1 saturated heterocycles. The summed E-state index contributed by atoms with van der Waals surface area (Å²) in [5.74, 6) is -1.12. The summed E-state index contributed by atoms with van der Waals surface area (Å²) < 4.78 is 0. The summed E-state index contributed by atoms with van der Waals surface area (Å²) in [6.07, 6.45) is 7.49. The fourth-order valence-corrected chi connectivity index (χ4v) is 5.40. The molecule has 3 nitrogen and oxygen atoms in total. The Balaban J connectivity index is 1.64. The highest BCUT2D eigenvalue weighted by atomic mass is 35.5. The summed E-state index contributed by atoms with van der Waals surface area (Å²) in [5, 5.41) is 0. The molecule has 4 aliphatic rings.